The minimum atomic E-state index is -0.164. The summed E-state index contributed by atoms with van der Waals surface area (Å²) < 4.78 is 5.97. The molecule has 1 aromatic heterocycles. The van der Waals surface area contributed by atoms with Crippen molar-refractivity contribution in [2.75, 3.05) is 7.11 Å². The lowest BCUT2D eigenvalue weighted by Gasteiger charge is -2.12. The first kappa shape index (κ1) is 20.5. The number of hydrogen-bond acceptors (Lipinski definition) is 4. The SMILES string of the molecule is COC(=O)CCC/C=C\C[C@H]1C(=O)CCC1/C=C/Cc1cc2ccccc2s1. The summed E-state index contributed by atoms with van der Waals surface area (Å²) >= 11 is 1.84. The zero-order chi connectivity index (χ0) is 19.8. The fourth-order valence-electron chi connectivity index (χ4n) is 3.79. The number of rotatable bonds is 9. The van der Waals surface area contributed by atoms with Crippen LogP contribution in [0.5, 0.6) is 0 Å². The maximum Gasteiger partial charge on any atom is 0.305 e. The van der Waals surface area contributed by atoms with Gasteiger partial charge in [-0.1, -0.05) is 42.5 Å². The molecule has 4 heteroatoms. The van der Waals surface area contributed by atoms with E-state index in [1.165, 1.54) is 22.1 Å². The second-order valence-corrected chi connectivity index (χ2v) is 8.50. The minimum Gasteiger partial charge on any atom is -0.469 e. The lowest BCUT2D eigenvalue weighted by molar-refractivity contribution is -0.140. The van der Waals surface area contributed by atoms with Crippen molar-refractivity contribution < 1.29 is 14.3 Å². The van der Waals surface area contributed by atoms with Gasteiger partial charge >= 0.3 is 5.97 Å². The molecule has 0 spiro atoms. The number of benzene rings is 1. The highest BCUT2D eigenvalue weighted by atomic mass is 32.1. The van der Waals surface area contributed by atoms with Gasteiger partial charge < -0.3 is 4.74 Å². The van der Waals surface area contributed by atoms with Gasteiger partial charge in [0.05, 0.1) is 7.11 Å². The summed E-state index contributed by atoms with van der Waals surface area (Å²) in [4.78, 5) is 24.7. The maximum absolute atomic E-state index is 12.3. The van der Waals surface area contributed by atoms with E-state index < -0.39 is 0 Å². The Labute approximate surface area is 171 Å². The zero-order valence-corrected chi connectivity index (χ0v) is 17.3. The van der Waals surface area contributed by atoms with Crippen molar-refractivity contribution in [3.63, 3.8) is 0 Å². The van der Waals surface area contributed by atoms with Crippen LogP contribution >= 0.6 is 11.3 Å². The Morgan fingerprint density at radius 2 is 2.11 bits per heavy atom. The molecule has 1 heterocycles. The third-order valence-electron chi connectivity index (χ3n) is 5.37. The Morgan fingerprint density at radius 1 is 1.25 bits per heavy atom. The molecule has 148 valence electrons. The average molecular weight is 397 g/mol. The number of thiophene rings is 1. The van der Waals surface area contributed by atoms with Crippen molar-refractivity contribution >= 4 is 33.2 Å². The number of hydrogen-bond donors (Lipinski definition) is 0. The van der Waals surface area contributed by atoms with Crippen LogP contribution in [0.15, 0.2) is 54.6 Å². The Morgan fingerprint density at radius 3 is 2.93 bits per heavy atom. The third-order valence-corrected chi connectivity index (χ3v) is 6.51. The summed E-state index contributed by atoms with van der Waals surface area (Å²) in [5.41, 5.74) is 0. The molecule has 1 aliphatic rings. The number of ether oxygens (including phenoxy) is 1. The van der Waals surface area contributed by atoms with E-state index in [4.69, 9.17) is 0 Å². The van der Waals surface area contributed by atoms with E-state index in [2.05, 4.69) is 59.4 Å². The lowest BCUT2D eigenvalue weighted by atomic mass is 9.91. The van der Waals surface area contributed by atoms with Gasteiger partial charge in [0, 0.05) is 28.3 Å². The van der Waals surface area contributed by atoms with E-state index in [0.29, 0.717) is 24.5 Å². The number of fused-ring (bicyclic) bond motifs is 1. The fourth-order valence-corrected chi connectivity index (χ4v) is 4.83. The minimum absolute atomic E-state index is 0.107. The number of allylic oxidation sites excluding steroid dienone is 4. The molecule has 2 atom stereocenters. The topological polar surface area (TPSA) is 43.4 Å². The van der Waals surface area contributed by atoms with Gasteiger partial charge in [0.25, 0.3) is 0 Å². The molecule has 3 rings (SSSR count). The van der Waals surface area contributed by atoms with Gasteiger partial charge in [-0.3, -0.25) is 9.59 Å². The molecule has 3 nitrogen and oxygen atoms in total. The van der Waals surface area contributed by atoms with Crippen LogP contribution in [-0.2, 0) is 20.7 Å². The predicted octanol–water partition coefficient (Wildman–Crippen LogP) is 5.88. The molecule has 2 aromatic rings. The summed E-state index contributed by atoms with van der Waals surface area (Å²) in [5.74, 6) is 0.677. The van der Waals surface area contributed by atoms with Crippen molar-refractivity contribution in [2.45, 2.75) is 44.9 Å². The highest BCUT2D eigenvalue weighted by Crippen LogP contribution is 2.33. The first-order valence-electron chi connectivity index (χ1n) is 10.1. The monoisotopic (exact) mass is 396 g/mol. The largest absolute Gasteiger partial charge is 0.469 e. The number of esters is 1. The normalized spacial score (nSPS) is 20.0. The van der Waals surface area contributed by atoms with Gasteiger partial charge in [0.15, 0.2) is 0 Å². The quantitative estimate of drug-likeness (QED) is 0.302. The Hall–Kier alpha value is -2.20. The molecule has 1 unspecified atom stereocenters. The summed E-state index contributed by atoms with van der Waals surface area (Å²) in [6.45, 7) is 0. The Kier molecular flexibility index (Phi) is 7.61. The van der Waals surface area contributed by atoms with E-state index in [-0.39, 0.29) is 11.9 Å². The lowest BCUT2D eigenvalue weighted by Crippen LogP contribution is -2.12. The molecule has 0 N–H and O–H groups in total. The molecule has 28 heavy (non-hydrogen) atoms. The number of methoxy groups -OCH3 is 1. The van der Waals surface area contributed by atoms with Crippen LogP contribution < -0.4 is 0 Å². The Bertz CT molecular complexity index is 829. The Balaban J connectivity index is 1.47. The van der Waals surface area contributed by atoms with Crippen LogP contribution in [0.25, 0.3) is 10.1 Å². The van der Waals surface area contributed by atoms with Crippen LogP contribution in [0.2, 0.25) is 0 Å². The van der Waals surface area contributed by atoms with Gasteiger partial charge in [0.1, 0.15) is 5.78 Å². The van der Waals surface area contributed by atoms with E-state index in [1.54, 1.807) is 0 Å². The van der Waals surface area contributed by atoms with Crippen LogP contribution in [-0.4, -0.2) is 18.9 Å². The number of unbranched alkanes of at least 4 members (excludes halogenated alkanes) is 1. The maximum atomic E-state index is 12.3. The van der Waals surface area contributed by atoms with Crippen molar-refractivity contribution in [1.82, 2.24) is 0 Å². The summed E-state index contributed by atoms with van der Waals surface area (Å²) in [6.07, 6.45) is 14.2. The average Bonchev–Trinajstić information content (AvgIpc) is 3.27. The molecular formula is C24H28O3S. The number of carbonyl (C=O) groups is 2. The van der Waals surface area contributed by atoms with Gasteiger partial charge in [-0.2, -0.15) is 0 Å². The van der Waals surface area contributed by atoms with Crippen molar-refractivity contribution in [2.24, 2.45) is 11.8 Å². The molecule has 1 aliphatic carbocycles. The first-order chi connectivity index (χ1) is 13.7. The first-order valence-corrected chi connectivity index (χ1v) is 10.9. The van der Waals surface area contributed by atoms with Crippen molar-refractivity contribution in [3.8, 4) is 0 Å². The highest BCUT2D eigenvalue weighted by molar-refractivity contribution is 7.19. The van der Waals surface area contributed by atoms with Gasteiger partial charge in [-0.15, -0.1) is 11.3 Å². The third kappa shape index (κ3) is 5.65. The van der Waals surface area contributed by atoms with Crippen LogP contribution in [0.1, 0.15) is 43.4 Å². The smallest absolute Gasteiger partial charge is 0.305 e. The number of ketones is 1. The molecule has 0 amide bonds. The van der Waals surface area contributed by atoms with Crippen molar-refractivity contribution in [3.05, 3.63) is 59.5 Å². The summed E-state index contributed by atoms with van der Waals surface area (Å²) in [6, 6.07) is 10.7. The van der Waals surface area contributed by atoms with Crippen molar-refractivity contribution in [1.29, 1.82) is 0 Å². The summed E-state index contributed by atoms with van der Waals surface area (Å²) in [7, 11) is 1.41. The second-order valence-electron chi connectivity index (χ2n) is 7.33. The molecule has 0 radical (unpaired) electrons. The highest BCUT2D eigenvalue weighted by Gasteiger charge is 2.31. The van der Waals surface area contributed by atoms with Gasteiger partial charge in [-0.25, -0.2) is 0 Å². The number of Topliss-reactive ketones (excluding diaryl/α,β-unsaturated/α-hetero) is 1. The van der Waals surface area contributed by atoms with Crippen LogP contribution in [0, 0.1) is 11.8 Å². The zero-order valence-electron chi connectivity index (χ0n) is 16.4. The molecular weight excluding hydrogens is 368 g/mol. The van der Waals surface area contributed by atoms with Crippen LogP contribution in [0.4, 0.5) is 0 Å². The molecule has 1 fully saturated rings. The number of carbonyl (C=O) groups excluding carboxylic acids is 2. The van der Waals surface area contributed by atoms with Gasteiger partial charge in [-0.05, 0) is 55.5 Å². The molecule has 0 saturated heterocycles. The molecule has 1 aromatic carbocycles. The second kappa shape index (κ2) is 10.4. The molecule has 0 bridgehead atoms. The standard InChI is InChI=1S/C24H28O3S/c1-27-24(26)14-5-3-2-4-12-21-18(15-16-22(21)25)10-8-11-20-17-19-9-6-7-13-23(19)28-20/h2,4,6-10,13,17-18,21H,3,5,11-12,14-16H2,1H3/b4-2-,10-8+/t18?,21-/m1/s1. The van der Waals surface area contributed by atoms with Crippen LogP contribution in [0.3, 0.4) is 0 Å². The summed E-state index contributed by atoms with van der Waals surface area (Å²) in [5, 5.41) is 1.31. The molecule has 1 saturated carbocycles. The fraction of sp³-hybridized carbons (Fsp3) is 0.417. The van der Waals surface area contributed by atoms with E-state index in [0.717, 1.165) is 32.1 Å². The molecule has 0 aliphatic heterocycles. The van der Waals surface area contributed by atoms with E-state index >= 15 is 0 Å². The van der Waals surface area contributed by atoms with Gasteiger partial charge in [0.2, 0.25) is 0 Å². The van der Waals surface area contributed by atoms with E-state index in [1.807, 2.05) is 11.3 Å². The predicted molar refractivity (Wildman–Crippen MR) is 116 cm³/mol. The van der Waals surface area contributed by atoms with E-state index in [9.17, 15) is 9.59 Å².